The van der Waals surface area contributed by atoms with Crippen LogP contribution in [0.4, 0.5) is 0 Å². The number of ether oxygens (including phenoxy) is 4. The van der Waals surface area contributed by atoms with E-state index >= 15 is 0 Å². The molecule has 1 unspecified atom stereocenters. The SMILES string of the molecule is COCCOc1cc(CN(C)CC(O)COC2CCCCC2)ccc1OC. The number of aliphatic hydroxyl groups excluding tert-OH is 1. The smallest absolute Gasteiger partial charge is 0.161 e. The highest BCUT2D eigenvalue weighted by Gasteiger charge is 2.17. The first-order chi connectivity index (χ1) is 13.1. The molecule has 0 bridgehead atoms. The summed E-state index contributed by atoms with van der Waals surface area (Å²) in [6, 6.07) is 5.91. The van der Waals surface area contributed by atoms with E-state index in [0.717, 1.165) is 18.4 Å². The molecule has 27 heavy (non-hydrogen) atoms. The summed E-state index contributed by atoms with van der Waals surface area (Å²) in [6.07, 6.45) is 5.89. The van der Waals surface area contributed by atoms with Gasteiger partial charge in [0.05, 0.1) is 32.5 Å². The van der Waals surface area contributed by atoms with Crippen LogP contribution in [0.15, 0.2) is 18.2 Å². The van der Waals surface area contributed by atoms with Crippen molar-refractivity contribution in [2.24, 2.45) is 0 Å². The molecule has 1 N–H and O–H groups in total. The summed E-state index contributed by atoms with van der Waals surface area (Å²) < 4.78 is 22.0. The zero-order valence-electron chi connectivity index (χ0n) is 17.0. The lowest BCUT2D eigenvalue weighted by Gasteiger charge is -2.25. The number of benzene rings is 1. The summed E-state index contributed by atoms with van der Waals surface area (Å²) >= 11 is 0. The Kier molecular flexibility index (Phi) is 9.91. The molecule has 0 aliphatic heterocycles. The standard InChI is InChI=1S/C21H35NO5/c1-22(15-18(23)16-27-19-7-5-4-6-8-19)14-17-9-10-20(25-3)21(13-17)26-12-11-24-2/h9-10,13,18-19,23H,4-8,11-12,14-16H2,1-3H3. The van der Waals surface area contributed by atoms with Gasteiger partial charge in [0.15, 0.2) is 11.5 Å². The first kappa shape index (κ1) is 22.0. The van der Waals surface area contributed by atoms with Crippen LogP contribution in [0.3, 0.4) is 0 Å². The van der Waals surface area contributed by atoms with E-state index in [0.29, 0.717) is 50.5 Å². The minimum Gasteiger partial charge on any atom is -0.493 e. The van der Waals surface area contributed by atoms with E-state index in [-0.39, 0.29) is 0 Å². The number of rotatable bonds is 12. The average Bonchev–Trinajstić information content (AvgIpc) is 2.67. The Morgan fingerprint density at radius 1 is 1.11 bits per heavy atom. The number of nitrogens with zero attached hydrogens (tertiary/aromatic N) is 1. The first-order valence-corrected chi connectivity index (χ1v) is 9.89. The molecule has 6 nitrogen and oxygen atoms in total. The van der Waals surface area contributed by atoms with Crippen LogP contribution in [0.25, 0.3) is 0 Å². The van der Waals surface area contributed by atoms with Crippen molar-refractivity contribution in [1.29, 1.82) is 0 Å². The summed E-state index contributed by atoms with van der Waals surface area (Å²) in [7, 11) is 5.28. The van der Waals surface area contributed by atoms with Gasteiger partial charge in [0.1, 0.15) is 6.61 Å². The van der Waals surface area contributed by atoms with Crippen LogP contribution in [0.1, 0.15) is 37.7 Å². The summed E-state index contributed by atoms with van der Waals surface area (Å²) in [5, 5.41) is 10.3. The maximum absolute atomic E-state index is 10.3. The maximum Gasteiger partial charge on any atom is 0.161 e. The van der Waals surface area contributed by atoms with Crippen molar-refractivity contribution < 1.29 is 24.1 Å². The molecule has 0 radical (unpaired) electrons. The summed E-state index contributed by atoms with van der Waals surface area (Å²) in [5.74, 6) is 1.42. The van der Waals surface area contributed by atoms with Crippen molar-refractivity contribution in [3.8, 4) is 11.5 Å². The van der Waals surface area contributed by atoms with Gasteiger partial charge in [-0.25, -0.2) is 0 Å². The lowest BCUT2D eigenvalue weighted by Crippen LogP contribution is -2.33. The van der Waals surface area contributed by atoms with Crippen molar-refractivity contribution in [3.63, 3.8) is 0 Å². The van der Waals surface area contributed by atoms with E-state index in [4.69, 9.17) is 18.9 Å². The number of methoxy groups -OCH3 is 2. The molecule has 1 aliphatic rings. The molecule has 1 aliphatic carbocycles. The lowest BCUT2D eigenvalue weighted by molar-refractivity contribution is -0.0319. The zero-order valence-corrected chi connectivity index (χ0v) is 17.0. The fourth-order valence-corrected chi connectivity index (χ4v) is 3.43. The highest BCUT2D eigenvalue weighted by Crippen LogP contribution is 2.28. The van der Waals surface area contributed by atoms with Crippen molar-refractivity contribution in [2.75, 3.05) is 47.6 Å². The predicted molar refractivity (Wildman–Crippen MR) is 106 cm³/mol. The molecule has 1 aromatic rings. The van der Waals surface area contributed by atoms with Crippen LogP contribution in [-0.4, -0.2) is 69.8 Å². The Bertz CT molecular complexity index is 533. The molecule has 154 valence electrons. The molecule has 6 heteroatoms. The Morgan fingerprint density at radius 2 is 1.89 bits per heavy atom. The van der Waals surface area contributed by atoms with Gasteiger partial charge >= 0.3 is 0 Å². The molecule has 0 saturated heterocycles. The number of aliphatic hydroxyl groups is 1. The second-order valence-corrected chi connectivity index (χ2v) is 7.27. The number of hydrogen-bond donors (Lipinski definition) is 1. The monoisotopic (exact) mass is 381 g/mol. The fourth-order valence-electron chi connectivity index (χ4n) is 3.43. The summed E-state index contributed by atoms with van der Waals surface area (Å²) in [6.45, 7) is 2.69. The van der Waals surface area contributed by atoms with Crippen LogP contribution in [0.5, 0.6) is 11.5 Å². The van der Waals surface area contributed by atoms with Gasteiger partial charge in [-0.15, -0.1) is 0 Å². The van der Waals surface area contributed by atoms with Crippen LogP contribution < -0.4 is 9.47 Å². The molecular weight excluding hydrogens is 346 g/mol. The number of hydrogen-bond acceptors (Lipinski definition) is 6. The molecule has 1 aromatic carbocycles. The van der Waals surface area contributed by atoms with Gasteiger partial charge in [0.25, 0.3) is 0 Å². The lowest BCUT2D eigenvalue weighted by atomic mass is 9.98. The Balaban J connectivity index is 1.79. The van der Waals surface area contributed by atoms with Gasteiger partial charge in [0.2, 0.25) is 0 Å². The summed E-state index contributed by atoms with van der Waals surface area (Å²) in [5.41, 5.74) is 1.10. The van der Waals surface area contributed by atoms with Crippen LogP contribution in [0.2, 0.25) is 0 Å². The van der Waals surface area contributed by atoms with E-state index in [1.807, 2.05) is 25.2 Å². The third-order valence-corrected chi connectivity index (χ3v) is 4.82. The largest absolute Gasteiger partial charge is 0.493 e. The van der Waals surface area contributed by atoms with E-state index in [1.165, 1.54) is 19.3 Å². The Hall–Kier alpha value is -1.34. The maximum atomic E-state index is 10.3. The Morgan fingerprint density at radius 3 is 2.59 bits per heavy atom. The van der Waals surface area contributed by atoms with Crippen molar-refractivity contribution >= 4 is 0 Å². The first-order valence-electron chi connectivity index (χ1n) is 9.89. The molecule has 1 atom stereocenters. The van der Waals surface area contributed by atoms with Crippen molar-refractivity contribution in [3.05, 3.63) is 23.8 Å². The van der Waals surface area contributed by atoms with Gasteiger partial charge in [0, 0.05) is 20.2 Å². The minimum atomic E-state index is -0.479. The van der Waals surface area contributed by atoms with Gasteiger partial charge < -0.3 is 24.1 Å². The molecule has 1 fully saturated rings. The van der Waals surface area contributed by atoms with Gasteiger partial charge in [-0.1, -0.05) is 25.3 Å². The molecule has 0 heterocycles. The van der Waals surface area contributed by atoms with Crippen LogP contribution >= 0.6 is 0 Å². The number of likely N-dealkylation sites (N-methyl/N-ethyl adjacent to an activating group) is 1. The van der Waals surface area contributed by atoms with Gasteiger partial charge in [-0.2, -0.15) is 0 Å². The highest BCUT2D eigenvalue weighted by molar-refractivity contribution is 5.43. The topological polar surface area (TPSA) is 60.4 Å². The fraction of sp³-hybridized carbons (Fsp3) is 0.714. The quantitative estimate of drug-likeness (QED) is 0.562. The van der Waals surface area contributed by atoms with Crippen LogP contribution in [0, 0.1) is 0 Å². The third-order valence-electron chi connectivity index (χ3n) is 4.82. The molecule has 0 aromatic heterocycles. The molecular formula is C21H35NO5. The van der Waals surface area contributed by atoms with E-state index in [1.54, 1.807) is 14.2 Å². The third kappa shape index (κ3) is 8.05. The molecule has 1 saturated carbocycles. The Labute approximate surface area is 163 Å². The average molecular weight is 382 g/mol. The van der Waals surface area contributed by atoms with E-state index in [9.17, 15) is 5.11 Å². The van der Waals surface area contributed by atoms with Crippen LogP contribution in [-0.2, 0) is 16.0 Å². The zero-order chi connectivity index (χ0) is 19.5. The molecule has 0 spiro atoms. The predicted octanol–water partition coefficient (Wildman–Crippen LogP) is 2.86. The molecule has 0 amide bonds. The van der Waals surface area contributed by atoms with E-state index in [2.05, 4.69) is 4.90 Å². The summed E-state index contributed by atoms with van der Waals surface area (Å²) in [4.78, 5) is 2.09. The van der Waals surface area contributed by atoms with Crippen molar-refractivity contribution in [1.82, 2.24) is 4.90 Å². The minimum absolute atomic E-state index is 0.326. The molecule has 2 rings (SSSR count). The highest BCUT2D eigenvalue weighted by atomic mass is 16.5. The second-order valence-electron chi connectivity index (χ2n) is 7.27. The second kappa shape index (κ2) is 12.2. The van der Waals surface area contributed by atoms with Gasteiger partial charge in [-0.05, 0) is 37.6 Å². The van der Waals surface area contributed by atoms with Gasteiger partial charge in [-0.3, -0.25) is 4.90 Å². The van der Waals surface area contributed by atoms with E-state index < -0.39 is 6.10 Å². The van der Waals surface area contributed by atoms with Crippen molar-refractivity contribution in [2.45, 2.75) is 50.9 Å². The normalized spacial score (nSPS) is 16.5.